The molecular weight excluding hydrogens is 438 g/mol. The van der Waals surface area contributed by atoms with E-state index in [4.69, 9.17) is 9.15 Å². The molecule has 4 aromatic carbocycles. The smallest absolute Gasteiger partial charge is 0.262 e. The summed E-state index contributed by atoms with van der Waals surface area (Å²) in [5, 5.41) is 4.93. The van der Waals surface area contributed by atoms with Crippen LogP contribution in [0, 0.1) is 0 Å². The summed E-state index contributed by atoms with van der Waals surface area (Å²) in [4.78, 5) is 19.5. The standard InChI is InChI=1S/C29H27N3O3/c1-3-32(4-2)23-15-12-21(13-16-23)29-31-25-18-22(14-17-27(25)35-29)30-28(33)19-34-26-11-7-9-20-8-5-6-10-24(20)26/h5-18H,3-4,19H2,1-2H3,(H,30,33). The van der Waals surface area contributed by atoms with Crippen LogP contribution in [0.3, 0.4) is 0 Å². The average molecular weight is 466 g/mol. The lowest BCUT2D eigenvalue weighted by molar-refractivity contribution is -0.118. The van der Waals surface area contributed by atoms with Gasteiger partial charge in [-0.05, 0) is 67.8 Å². The molecule has 1 N–H and O–H groups in total. The maximum absolute atomic E-state index is 12.5. The molecule has 1 heterocycles. The van der Waals surface area contributed by atoms with Gasteiger partial charge in [0.1, 0.15) is 11.3 Å². The zero-order valence-electron chi connectivity index (χ0n) is 19.8. The Labute approximate surface area is 204 Å². The average Bonchev–Trinajstić information content (AvgIpc) is 3.32. The summed E-state index contributed by atoms with van der Waals surface area (Å²) in [6, 6.07) is 27.4. The molecular formula is C29H27N3O3. The molecule has 0 aliphatic rings. The Morgan fingerprint density at radius 3 is 2.51 bits per heavy atom. The minimum absolute atomic E-state index is 0.0883. The van der Waals surface area contributed by atoms with E-state index in [9.17, 15) is 4.79 Å². The Hall–Kier alpha value is -4.32. The van der Waals surface area contributed by atoms with E-state index in [1.165, 1.54) is 5.69 Å². The van der Waals surface area contributed by atoms with E-state index in [2.05, 4.69) is 41.2 Å². The number of aromatic nitrogens is 1. The number of ether oxygens (including phenoxy) is 1. The highest BCUT2D eigenvalue weighted by Gasteiger charge is 2.12. The Morgan fingerprint density at radius 1 is 0.943 bits per heavy atom. The van der Waals surface area contributed by atoms with Crippen LogP contribution in [0.4, 0.5) is 11.4 Å². The monoisotopic (exact) mass is 465 g/mol. The molecule has 0 aliphatic heterocycles. The van der Waals surface area contributed by atoms with E-state index in [1.54, 1.807) is 6.07 Å². The second-order valence-corrected chi connectivity index (χ2v) is 8.23. The molecule has 6 nitrogen and oxygen atoms in total. The van der Waals surface area contributed by atoms with Gasteiger partial charge in [-0.25, -0.2) is 4.98 Å². The van der Waals surface area contributed by atoms with Crippen LogP contribution in [-0.4, -0.2) is 30.6 Å². The Balaban J connectivity index is 1.27. The van der Waals surface area contributed by atoms with Crippen LogP contribution in [0.2, 0.25) is 0 Å². The van der Waals surface area contributed by atoms with Gasteiger partial charge in [-0.1, -0.05) is 36.4 Å². The van der Waals surface area contributed by atoms with Crippen molar-refractivity contribution in [1.29, 1.82) is 0 Å². The molecule has 1 aromatic heterocycles. The first kappa shape index (κ1) is 22.5. The highest BCUT2D eigenvalue weighted by Crippen LogP contribution is 2.28. The van der Waals surface area contributed by atoms with Crippen LogP contribution >= 0.6 is 0 Å². The number of nitrogens with zero attached hydrogens (tertiary/aromatic N) is 2. The number of nitrogens with one attached hydrogen (secondary N) is 1. The third-order valence-electron chi connectivity index (χ3n) is 6.02. The van der Waals surface area contributed by atoms with Crippen molar-refractivity contribution in [3.63, 3.8) is 0 Å². The minimum Gasteiger partial charge on any atom is -0.483 e. The van der Waals surface area contributed by atoms with Crippen LogP contribution in [0.25, 0.3) is 33.3 Å². The molecule has 0 aliphatic carbocycles. The Morgan fingerprint density at radius 2 is 1.71 bits per heavy atom. The van der Waals surface area contributed by atoms with Crippen molar-refractivity contribution < 1.29 is 13.9 Å². The number of rotatable bonds is 8. The van der Waals surface area contributed by atoms with Gasteiger partial charge in [0.2, 0.25) is 5.89 Å². The lowest BCUT2D eigenvalue weighted by Gasteiger charge is -2.20. The molecule has 5 rings (SSSR count). The van der Waals surface area contributed by atoms with E-state index in [-0.39, 0.29) is 12.5 Å². The maximum Gasteiger partial charge on any atom is 0.262 e. The second kappa shape index (κ2) is 9.89. The molecule has 176 valence electrons. The van der Waals surface area contributed by atoms with Crippen molar-refractivity contribution in [2.24, 2.45) is 0 Å². The summed E-state index contributed by atoms with van der Waals surface area (Å²) < 4.78 is 11.7. The number of anilines is 2. The summed E-state index contributed by atoms with van der Waals surface area (Å²) >= 11 is 0. The topological polar surface area (TPSA) is 67.6 Å². The molecule has 0 atom stereocenters. The number of hydrogen-bond acceptors (Lipinski definition) is 5. The first-order chi connectivity index (χ1) is 17.1. The van der Waals surface area contributed by atoms with Gasteiger partial charge in [-0.3, -0.25) is 4.79 Å². The summed E-state index contributed by atoms with van der Waals surface area (Å²) in [6.07, 6.45) is 0. The van der Waals surface area contributed by atoms with Crippen LogP contribution in [-0.2, 0) is 4.79 Å². The molecule has 0 unspecified atom stereocenters. The fourth-order valence-corrected chi connectivity index (χ4v) is 4.19. The predicted octanol–water partition coefficient (Wildman–Crippen LogP) is 6.51. The SMILES string of the molecule is CCN(CC)c1ccc(-c2nc3cc(NC(=O)COc4cccc5ccccc45)ccc3o2)cc1. The summed E-state index contributed by atoms with van der Waals surface area (Å²) in [5.74, 6) is 0.990. The molecule has 0 saturated heterocycles. The lowest BCUT2D eigenvalue weighted by atomic mass is 10.1. The van der Waals surface area contributed by atoms with Crippen LogP contribution in [0.5, 0.6) is 5.75 Å². The van der Waals surface area contributed by atoms with Gasteiger partial charge < -0.3 is 19.4 Å². The van der Waals surface area contributed by atoms with Gasteiger partial charge >= 0.3 is 0 Å². The zero-order chi connectivity index (χ0) is 24.2. The molecule has 5 aromatic rings. The molecule has 0 fully saturated rings. The number of carbonyl (C=O) groups excluding carboxylic acids is 1. The first-order valence-corrected chi connectivity index (χ1v) is 11.8. The Bertz CT molecular complexity index is 1460. The second-order valence-electron chi connectivity index (χ2n) is 8.23. The normalized spacial score (nSPS) is 11.0. The minimum atomic E-state index is -0.243. The van der Waals surface area contributed by atoms with E-state index in [0.29, 0.717) is 28.4 Å². The quantitative estimate of drug-likeness (QED) is 0.283. The van der Waals surface area contributed by atoms with Crippen molar-refractivity contribution in [2.75, 3.05) is 29.9 Å². The van der Waals surface area contributed by atoms with Crippen LogP contribution < -0.4 is 15.0 Å². The number of oxazole rings is 1. The molecule has 1 amide bonds. The highest BCUT2D eigenvalue weighted by atomic mass is 16.5. The van der Waals surface area contributed by atoms with Gasteiger partial charge in [0.05, 0.1) is 0 Å². The predicted molar refractivity (Wildman–Crippen MR) is 141 cm³/mol. The van der Waals surface area contributed by atoms with E-state index in [0.717, 1.165) is 29.4 Å². The van der Waals surface area contributed by atoms with Gasteiger partial charge in [0.15, 0.2) is 12.2 Å². The third-order valence-corrected chi connectivity index (χ3v) is 6.02. The number of fused-ring (bicyclic) bond motifs is 2. The fraction of sp³-hybridized carbons (Fsp3) is 0.172. The lowest BCUT2D eigenvalue weighted by Crippen LogP contribution is -2.21. The fourth-order valence-electron chi connectivity index (χ4n) is 4.19. The molecule has 0 spiro atoms. The third kappa shape index (κ3) is 4.82. The zero-order valence-corrected chi connectivity index (χ0v) is 19.8. The molecule has 6 heteroatoms. The maximum atomic E-state index is 12.5. The van der Waals surface area contributed by atoms with Crippen molar-refractivity contribution in [1.82, 2.24) is 4.98 Å². The summed E-state index contributed by atoms with van der Waals surface area (Å²) in [5.41, 5.74) is 4.07. The van der Waals surface area contributed by atoms with Gasteiger partial charge in [0, 0.05) is 35.4 Å². The Kier molecular flexibility index (Phi) is 6.35. The largest absolute Gasteiger partial charge is 0.483 e. The van der Waals surface area contributed by atoms with E-state index in [1.807, 2.05) is 66.7 Å². The molecule has 0 radical (unpaired) electrons. The van der Waals surface area contributed by atoms with Crippen LogP contribution in [0.1, 0.15) is 13.8 Å². The van der Waals surface area contributed by atoms with E-state index >= 15 is 0 Å². The number of hydrogen-bond donors (Lipinski definition) is 1. The van der Waals surface area contributed by atoms with Crippen molar-refractivity contribution >= 4 is 39.2 Å². The van der Waals surface area contributed by atoms with Gasteiger partial charge in [-0.2, -0.15) is 0 Å². The van der Waals surface area contributed by atoms with Crippen LogP contribution in [0.15, 0.2) is 89.3 Å². The molecule has 35 heavy (non-hydrogen) atoms. The van der Waals surface area contributed by atoms with Gasteiger partial charge in [-0.15, -0.1) is 0 Å². The van der Waals surface area contributed by atoms with Crippen molar-refractivity contribution in [2.45, 2.75) is 13.8 Å². The van der Waals surface area contributed by atoms with E-state index < -0.39 is 0 Å². The summed E-state index contributed by atoms with van der Waals surface area (Å²) in [7, 11) is 0. The number of benzene rings is 4. The van der Waals surface area contributed by atoms with Crippen molar-refractivity contribution in [3.8, 4) is 17.2 Å². The summed E-state index contributed by atoms with van der Waals surface area (Å²) in [6.45, 7) is 6.12. The number of amides is 1. The first-order valence-electron chi connectivity index (χ1n) is 11.8. The van der Waals surface area contributed by atoms with Gasteiger partial charge in [0.25, 0.3) is 5.91 Å². The number of carbonyl (C=O) groups is 1. The molecule has 0 saturated carbocycles. The van der Waals surface area contributed by atoms with Crippen molar-refractivity contribution in [3.05, 3.63) is 84.9 Å². The molecule has 0 bridgehead atoms. The highest BCUT2D eigenvalue weighted by molar-refractivity contribution is 5.94.